The summed E-state index contributed by atoms with van der Waals surface area (Å²) in [5, 5.41) is 7.94. The molecule has 0 amide bonds. The van der Waals surface area contributed by atoms with Crippen molar-refractivity contribution in [2.75, 3.05) is 31.8 Å². The topological polar surface area (TPSA) is 169 Å². The van der Waals surface area contributed by atoms with Crippen molar-refractivity contribution < 1.29 is 22.6 Å². The first-order chi connectivity index (χ1) is 19.7. The largest absolute Gasteiger partial charge is 0.494 e. The molecular formula is C26H28N8O5S2. The third-order valence-electron chi connectivity index (χ3n) is 6.41. The number of thiazole rings is 1. The molecule has 3 N–H and O–H groups in total. The third-order valence-corrected chi connectivity index (χ3v) is 8.95. The molecule has 5 aromatic rings. The highest BCUT2D eigenvalue weighted by Crippen LogP contribution is 2.39. The van der Waals surface area contributed by atoms with Crippen molar-refractivity contribution in [1.82, 2.24) is 29.7 Å². The maximum absolute atomic E-state index is 13.7. The van der Waals surface area contributed by atoms with E-state index in [0.717, 1.165) is 15.8 Å². The highest BCUT2D eigenvalue weighted by Gasteiger charge is 2.35. The predicted molar refractivity (Wildman–Crippen MR) is 156 cm³/mol. The van der Waals surface area contributed by atoms with Gasteiger partial charge in [0.05, 0.1) is 24.4 Å². The van der Waals surface area contributed by atoms with Gasteiger partial charge in [0.15, 0.2) is 16.8 Å². The molecule has 3 heterocycles. The fourth-order valence-electron chi connectivity index (χ4n) is 4.32. The summed E-state index contributed by atoms with van der Waals surface area (Å²) in [7, 11) is 0.278. The van der Waals surface area contributed by atoms with Gasteiger partial charge in [0.2, 0.25) is 16.0 Å². The lowest BCUT2D eigenvalue weighted by Crippen LogP contribution is -2.33. The zero-order valence-electron chi connectivity index (χ0n) is 22.9. The SMILES string of the molecule is COc1cccc(OC)c1-n1c(NS(=O)(=O)C(C)C(OC)c2ncc(C)cn2)nnc1-c1ccc2nc(N)sc2c1. The van der Waals surface area contributed by atoms with Gasteiger partial charge in [0.1, 0.15) is 28.5 Å². The highest BCUT2D eigenvalue weighted by molar-refractivity contribution is 7.93. The van der Waals surface area contributed by atoms with Crippen LogP contribution in [0.5, 0.6) is 11.5 Å². The van der Waals surface area contributed by atoms with Crippen LogP contribution >= 0.6 is 11.3 Å². The minimum absolute atomic E-state index is 0.0850. The minimum Gasteiger partial charge on any atom is -0.494 e. The number of nitrogen functional groups attached to an aromatic ring is 1. The number of anilines is 2. The second-order valence-electron chi connectivity index (χ2n) is 9.06. The van der Waals surface area contributed by atoms with Crippen LogP contribution in [0.3, 0.4) is 0 Å². The summed E-state index contributed by atoms with van der Waals surface area (Å²) in [6.45, 7) is 3.35. The van der Waals surface area contributed by atoms with Gasteiger partial charge in [-0.1, -0.05) is 17.4 Å². The fraction of sp³-hybridized carbons (Fsp3) is 0.269. The molecule has 0 saturated heterocycles. The Hall–Kier alpha value is -4.34. The molecule has 2 unspecified atom stereocenters. The lowest BCUT2D eigenvalue weighted by molar-refractivity contribution is 0.0949. The van der Waals surface area contributed by atoms with Crippen LogP contribution in [0.4, 0.5) is 11.1 Å². The van der Waals surface area contributed by atoms with Crippen molar-refractivity contribution in [1.29, 1.82) is 0 Å². The average Bonchev–Trinajstić information content (AvgIpc) is 3.54. The first kappa shape index (κ1) is 28.2. The standard InChI is InChI=1S/C26H28N8O5S2/c1-14-12-28-23(29-13-14)22(39-5)15(2)41(35,36)33-26-32-31-24(16-9-10-17-20(11-16)40-25(27)30-17)34(26)21-18(37-3)7-6-8-19(21)38-4/h6-13,15,22H,1-5H3,(H2,27,30)(H,32,33). The predicted octanol–water partition coefficient (Wildman–Crippen LogP) is 3.76. The van der Waals surface area contributed by atoms with E-state index in [1.54, 1.807) is 36.7 Å². The Kier molecular flexibility index (Phi) is 7.75. The molecule has 0 aliphatic rings. The van der Waals surface area contributed by atoms with E-state index in [-0.39, 0.29) is 11.8 Å². The summed E-state index contributed by atoms with van der Waals surface area (Å²) in [5.41, 5.74) is 8.52. The number of rotatable bonds is 10. The molecule has 2 atom stereocenters. The van der Waals surface area contributed by atoms with E-state index in [2.05, 4.69) is 29.9 Å². The van der Waals surface area contributed by atoms with Gasteiger partial charge in [0, 0.05) is 25.1 Å². The summed E-state index contributed by atoms with van der Waals surface area (Å²) >= 11 is 1.33. The number of methoxy groups -OCH3 is 3. The molecular weight excluding hydrogens is 568 g/mol. The molecule has 0 fully saturated rings. The van der Waals surface area contributed by atoms with Gasteiger partial charge in [0.25, 0.3) is 0 Å². The Morgan fingerprint density at radius 1 is 1.02 bits per heavy atom. The molecule has 0 saturated carbocycles. The smallest absolute Gasteiger partial charge is 0.243 e. The fourth-order valence-corrected chi connectivity index (χ4v) is 6.23. The number of nitrogens with one attached hydrogen (secondary N) is 1. The van der Waals surface area contributed by atoms with E-state index in [1.165, 1.54) is 44.2 Å². The van der Waals surface area contributed by atoms with Gasteiger partial charge in [-0.05, 0) is 49.7 Å². The van der Waals surface area contributed by atoms with Crippen molar-refractivity contribution >= 4 is 42.7 Å². The highest BCUT2D eigenvalue weighted by atomic mass is 32.2. The minimum atomic E-state index is -4.14. The van der Waals surface area contributed by atoms with E-state index in [9.17, 15) is 8.42 Å². The second kappa shape index (κ2) is 11.3. The number of fused-ring (bicyclic) bond motifs is 1. The van der Waals surface area contributed by atoms with Crippen LogP contribution in [0.15, 0.2) is 48.8 Å². The van der Waals surface area contributed by atoms with E-state index >= 15 is 0 Å². The lowest BCUT2D eigenvalue weighted by Gasteiger charge is -2.23. The molecule has 0 aliphatic heterocycles. The average molecular weight is 597 g/mol. The zero-order valence-corrected chi connectivity index (χ0v) is 24.5. The van der Waals surface area contributed by atoms with E-state index < -0.39 is 21.4 Å². The second-order valence-corrected chi connectivity index (χ2v) is 12.2. The van der Waals surface area contributed by atoms with Gasteiger partial charge in [-0.15, -0.1) is 10.2 Å². The number of sulfonamides is 1. The van der Waals surface area contributed by atoms with Crippen LogP contribution in [0, 0.1) is 6.92 Å². The Labute approximate surface area is 240 Å². The van der Waals surface area contributed by atoms with Crippen LogP contribution < -0.4 is 19.9 Å². The first-order valence-electron chi connectivity index (χ1n) is 12.3. The molecule has 0 aliphatic carbocycles. The Morgan fingerprint density at radius 2 is 1.71 bits per heavy atom. The van der Waals surface area contributed by atoms with Crippen LogP contribution in [0.25, 0.3) is 27.3 Å². The molecule has 5 rings (SSSR count). The number of nitrogens with zero attached hydrogens (tertiary/aromatic N) is 6. The number of aryl methyl sites for hydroxylation is 1. The number of ether oxygens (including phenoxy) is 3. The van der Waals surface area contributed by atoms with Crippen molar-refractivity contribution in [3.05, 3.63) is 60.2 Å². The maximum Gasteiger partial charge on any atom is 0.243 e. The van der Waals surface area contributed by atoms with Gasteiger partial charge in [-0.3, -0.25) is 9.29 Å². The molecule has 15 heteroatoms. The molecule has 3 aromatic heterocycles. The van der Waals surface area contributed by atoms with Crippen LogP contribution in [-0.4, -0.2) is 64.7 Å². The van der Waals surface area contributed by atoms with Gasteiger partial charge in [-0.2, -0.15) is 0 Å². The Bertz CT molecular complexity index is 1780. The normalized spacial score (nSPS) is 13.2. The van der Waals surface area contributed by atoms with Crippen LogP contribution in [0.2, 0.25) is 0 Å². The number of nitrogens with two attached hydrogens (primary N) is 1. The molecule has 0 radical (unpaired) electrons. The summed E-state index contributed by atoms with van der Waals surface area (Å²) in [6, 6.07) is 10.7. The Morgan fingerprint density at radius 3 is 2.34 bits per heavy atom. The number of benzene rings is 2. The molecule has 0 spiro atoms. The molecule has 214 valence electrons. The number of para-hydroxylation sites is 1. The van der Waals surface area contributed by atoms with E-state index in [4.69, 9.17) is 19.9 Å². The first-order valence-corrected chi connectivity index (χ1v) is 14.7. The maximum atomic E-state index is 13.7. The lowest BCUT2D eigenvalue weighted by atomic mass is 10.2. The summed E-state index contributed by atoms with van der Waals surface area (Å²) in [6.07, 6.45) is 2.25. The summed E-state index contributed by atoms with van der Waals surface area (Å²) < 4.78 is 49.3. The van der Waals surface area contributed by atoms with Crippen molar-refractivity contribution in [3.8, 4) is 28.6 Å². The van der Waals surface area contributed by atoms with Crippen LogP contribution in [0.1, 0.15) is 24.4 Å². The molecule has 41 heavy (non-hydrogen) atoms. The number of hydrogen-bond acceptors (Lipinski definition) is 12. The van der Waals surface area contributed by atoms with Crippen LogP contribution in [-0.2, 0) is 14.8 Å². The number of hydrogen-bond donors (Lipinski definition) is 2. The quantitative estimate of drug-likeness (QED) is 0.241. The van der Waals surface area contributed by atoms with Crippen molar-refractivity contribution in [2.24, 2.45) is 0 Å². The summed E-state index contributed by atoms with van der Waals surface area (Å²) in [4.78, 5) is 12.8. The van der Waals surface area contributed by atoms with Crippen molar-refractivity contribution in [3.63, 3.8) is 0 Å². The van der Waals surface area contributed by atoms with E-state index in [1.807, 2.05) is 19.1 Å². The van der Waals surface area contributed by atoms with Gasteiger partial charge in [-0.25, -0.2) is 23.4 Å². The monoisotopic (exact) mass is 596 g/mol. The van der Waals surface area contributed by atoms with Gasteiger partial charge < -0.3 is 19.9 Å². The Balaban J connectivity index is 1.64. The molecule has 13 nitrogen and oxygen atoms in total. The number of aromatic nitrogens is 6. The van der Waals surface area contributed by atoms with E-state index in [0.29, 0.717) is 33.7 Å². The van der Waals surface area contributed by atoms with Gasteiger partial charge >= 0.3 is 0 Å². The molecule has 2 aromatic carbocycles. The van der Waals surface area contributed by atoms with Crippen molar-refractivity contribution in [2.45, 2.75) is 25.2 Å². The zero-order chi connectivity index (χ0) is 29.3. The molecule has 0 bridgehead atoms. The summed E-state index contributed by atoms with van der Waals surface area (Å²) in [5.74, 6) is 1.30. The third kappa shape index (κ3) is 5.38.